The van der Waals surface area contributed by atoms with Crippen molar-refractivity contribution in [2.24, 2.45) is 0 Å². The van der Waals surface area contributed by atoms with Gasteiger partial charge in [-0.1, -0.05) is 51.2 Å². The summed E-state index contributed by atoms with van der Waals surface area (Å²) in [7, 11) is 0. The number of unbranched alkanes of at least 4 members (excludes halogenated alkanes) is 7. The van der Waals surface area contributed by atoms with Crippen molar-refractivity contribution in [1.29, 1.82) is 0 Å². The van der Waals surface area contributed by atoms with Crippen LogP contribution in [0, 0.1) is 0 Å². The lowest BCUT2D eigenvalue weighted by Crippen LogP contribution is -1.93. The van der Waals surface area contributed by atoms with Gasteiger partial charge >= 0.3 is 5.97 Å². The van der Waals surface area contributed by atoms with E-state index in [-0.39, 0.29) is 0 Å². The molecule has 0 radical (unpaired) electrons. The molecule has 0 rings (SSSR count). The van der Waals surface area contributed by atoms with Gasteiger partial charge in [0.15, 0.2) is 0 Å². The fourth-order valence-electron chi connectivity index (χ4n) is 1.65. The third-order valence-corrected chi connectivity index (χ3v) is 2.63. The molecule has 0 fully saturated rings. The summed E-state index contributed by atoms with van der Waals surface area (Å²) in [5, 5.41) is 8.45. The molecule has 0 aromatic carbocycles. The molecule has 0 heterocycles. The maximum absolute atomic E-state index is 10.3. The Morgan fingerprint density at radius 2 is 1.50 bits per heavy atom. The summed E-state index contributed by atoms with van der Waals surface area (Å²) in [6.07, 6.45) is 15.4. The first-order valence-corrected chi connectivity index (χ1v) is 6.64. The van der Waals surface area contributed by atoms with Gasteiger partial charge in [-0.3, -0.25) is 4.79 Å². The van der Waals surface area contributed by atoms with Crippen molar-refractivity contribution in [2.45, 2.75) is 71.1 Å². The molecule has 0 saturated carbocycles. The van der Waals surface area contributed by atoms with E-state index in [2.05, 4.69) is 19.1 Å². The van der Waals surface area contributed by atoms with Crippen LogP contribution >= 0.6 is 0 Å². The van der Waals surface area contributed by atoms with Crippen molar-refractivity contribution >= 4 is 5.97 Å². The summed E-state index contributed by atoms with van der Waals surface area (Å²) in [6.45, 7) is 2.20. The zero-order valence-corrected chi connectivity index (χ0v) is 10.6. The van der Waals surface area contributed by atoms with Crippen LogP contribution in [0.25, 0.3) is 0 Å². The average molecular weight is 226 g/mol. The fourth-order valence-corrected chi connectivity index (χ4v) is 1.65. The van der Waals surface area contributed by atoms with E-state index in [1.165, 1.54) is 44.9 Å². The predicted octanol–water partition coefficient (Wildman–Crippen LogP) is 4.55. The molecule has 94 valence electrons. The lowest BCUT2D eigenvalue weighted by atomic mass is 10.1. The Kier molecular flexibility index (Phi) is 11.7. The molecule has 0 aliphatic carbocycles. The third kappa shape index (κ3) is 13.2. The van der Waals surface area contributed by atoms with Gasteiger partial charge in [-0.05, 0) is 25.7 Å². The van der Waals surface area contributed by atoms with Gasteiger partial charge in [0.25, 0.3) is 0 Å². The molecule has 0 aromatic rings. The van der Waals surface area contributed by atoms with Crippen molar-refractivity contribution in [3.05, 3.63) is 12.2 Å². The van der Waals surface area contributed by atoms with E-state index in [1.54, 1.807) is 0 Å². The topological polar surface area (TPSA) is 37.3 Å². The number of carbonyl (C=O) groups is 1. The molecule has 0 amide bonds. The Morgan fingerprint density at radius 3 is 2.12 bits per heavy atom. The Hall–Kier alpha value is -0.790. The first kappa shape index (κ1) is 15.2. The van der Waals surface area contributed by atoms with Gasteiger partial charge < -0.3 is 5.11 Å². The molecule has 2 heteroatoms. The van der Waals surface area contributed by atoms with E-state index in [0.717, 1.165) is 12.8 Å². The molecule has 0 saturated heterocycles. The number of carboxylic acid groups (broad SMARTS) is 1. The summed E-state index contributed by atoms with van der Waals surface area (Å²) in [5.41, 5.74) is 0. The standard InChI is InChI=1S/C14H26O2/c1-2-3-4-5-6-7-8-9-10-11-12-13-14(15)16/h4-5H,2-3,6-13H2,1H3,(H,15,16)/b5-4-. The molecule has 16 heavy (non-hydrogen) atoms. The second-order valence-corrected chi connectivity index (χ2v) is 4.31. The van der Waals surface area contributed by atoms with Gasteiger partial charge in [0.05, 0.1) is 0 Å². The van der Waals surface area contributed by atoms with Crippen LogP contribution in [0.3, 0.4) is 0 Å². The van der Waals surface area contributed by atoms with Crippen LogP contribution in [-0.4, -0.2) is 11.1 Å². The Morgan fingerprint density at radius 1 is 0.938 bits per heavy atom. The first-order valence-electron chi connectivity index (χ1n) is 6.64. The van der Waals surface area contributed by atoms with Crippen molar-refractivity contribution in [3.63, 3.8) is 0 Å². The highest BCUT2D eigenvalue weighted by Crippen LogP contribution is 2.09. The quantitative estimate of drug-likeness (QED) is 0.414. The zero-order valence-electron chi connectivity index (χ0n) is 10.6. The van der Waals surface area contributed by atoms with E-state index >= 15 is 0 Å². The minimum absolute atomic E-state index is 0.333. The first-order chi connectivity index (χ1) is 7.77. The van der Waals surface area contributed by atoms with E-state index in [4.69, 9.17) is 5.11 Å². The molecule has 0 atom stereocenters. The smallest absolute Gasteiger partial charge is 0.303 e. The molecular formula is C14H26O2. The Bertz CT molecular complexity index is 185. The van der Waals surface area contributed by atoms with Crippen LogP contribution in [0.4, 0.5) is 0 Å². The van der Waals surface area contributed by atoms with Gasteiger partial charge in [0.1, 0.15) is 0 Å². The number of rotatable bonds is 11. The van der Waals surface area contributed by atoms with Gasteiger partial charge in [-0.15, -0.1) is 0 Å². The zero-order chi connectivity index (χ0) is 12.1. The van der Waals surface area contributed by atoms with Crippen molar-refractivity contribution in [3.8, 4) is 0 Å². The highest BCUT2D eigenvalue weighted by molar-refractivity contribution is 5.66. The van der Waals surface area contributed by atoms with E-state index in [1.807, 2.05) is 0 Å². The summed E-state index contributed by atoms with van der Waals surface area (Å²) in [6, 6.07) is 0. The van der Waals surface area contributed by atoms with Crippen LogP contribution in [0.5, 0.6) is 0 Å². The van der Waals surface area contributed by atoms with Gasteiger partial charge in [0, 0.05) is 6.42 Å². The summed E-state index contributed by atoms with van der Waals surface area (Å²) >= 11 is 0. The molecule has 0 aromatic heterocycles. The second-order valence-electron chi connectivity index (χ2n) is 4.31. The molecular weight excluding hydrogens is 200 g/mol. The largest absolute Gasteiger partial charge is 0.481 e. The van der Waals surface area contributed by atoms with Crippen LogP contribution in [0.1, 0.15) is 71.1 Å². The van der Waals surface area contributed by atoms with Crippen LogP contribution < -0.4 is 0 Å². The average Bonchev–Trinajstić information content (AvgIpc) is 2.25. The highest BCUT2D eigenvalue weighted by Gasteiger charge is 1.95. The predicted molar refractivity (Wildman–Crippen MR) is 68.6 cm³/mol. The van der Waals surface area contributed by atoms with Crippen LogP contribution in [0.2, 0.25) is 0 Å². The maximum Gasteiger partial charge on any atom is 0.303 e. The number of hydrogen-bond acceptors (Lipinski definition) is 1. The number of hydrogen-bond donors (Lipinski definition) is 1. The van der Waals surface area contributed by atoms with Crippen LogP contribution in [-0.2, 0) is 4.79 Å². The maximum atomic E-state index is 10.3. The molecule has 0 unspecified atom stereocenters. The highest BCUT2D eigenvalue weighted by atomic mass is 16.4. The monoisotopic (exact) mass is 226 g/mol. The molecule has 0 spiro atoms. The Balaban J connectivity index is 3.01. The van der Waals surface area contributed by atoms with E-state index < -0.39 is 5.97 Å². The van der Waals surface area contributed by atoms with Crippen molar-refractivity contribution in [2.75, 3.05) is 0 Å². The summed E-state index contributed by atoms with van der Waals surface area (Å²) in [5.74, 6) is -0.666. The lowest BCUT2D eigenvalue weighted by Gasteiger charge is -1.99. The summed E-state index contributed by atoms with van der Waals surface area (Å²) in [4.78, 5) is 10.3. The minimum atomic E-state index is -0.666. The lowest BCUT2D eigenvalue weighted by molar-refractivity contribution is -0.137. The fraction of sp³-hybridized carbons (Fsp3) is 0.786. The normalized spacial score (nSPS) is 11.1. The summed E-state index contributed by atoms with van der Waals surface area (Å²) < 4.78 is 0. The van der Waals surface area contributed by atoms with Gasteiger partial charge in [-0.25, -0.2) is 0 Å². The molecule has 0 bridgehead atoms. The SMILES string of the molecule is CCC/C=C\CCCCCCCCC(=O)O. The van der Waals surface area contributed by atoms with Gasteiger partial charge in [0.2, 0.25) is 0 Å². The van der Waals surface area contributed by atoms with Crippen molar-refractivity contribution in [1.82, 2.24) is 0 Å². The number of aliphatic carboxylic acids is 1. The second kappa shape index (κ2) is 12.3. The number of allylic oxidation sites excluding steroid dienone is 2. The molecule has 2 nitrogen and oxygen atoms in total. The molecule has 0 aliphatic rings. The molecule has 1 N–H and O–H groups in total. The van der Waals surface area contributed by atoms with E-state index in [0.29, 0.717) is 6.42 Å². The van der Waals surface area contributed by atoms with Gasteiger partial charge in [-0.2, -0.15) is 0 Å². The minimum Gasteiger partial charge on any atom is -0.481 e. The van der Waals surface area contributed by atoms with Crippen molar-refractivity contribution < 1.29 is 9.90 Å². The van der Waals surface area contributed by atoms with E-state index in [9.17, 15) is 4.79 Å². The number of carboxylic acids is 1. The van der Waals surface area contributed by atoms with Crippen LogP contribution in [0.15, 0.2) is 12.2 Å². The Labute approximate surface area is 99.7 Å². The molecule has 0 aliphatic heterocycles. The third-order valence-electron chi connectivity index (χ3n) is 2.63.